The van der Waals surface area contributed by atoms with E-state index < -0.39 is 0 Å². The zero-order chi connectivity index (χ0) is 15.8. The highest BCUT2D eigenvalue weighted by atomic mass is 32.1. The van der Waals surface area contributed by atoms with E-state index in [9.17, 15) is 4.79 Å². The first-order valence-electron chi connectivity index (χ1n) is 7.75. The number of fused-ring (bicyclic) bond motifs is 1. The lowest BCUT2D eigenvalue weighted by atomic mass is 10.2. The second-order valence-electron chi connectivity index (χ2n) is 5.88. The first kappa shape index (κ1) is 14.3. The highest BCUT2D eigenvalue weighted by Gasteiger charge is 2.33. The van der Waals surface area contributed by atoms with Crippen molar-refractivity contribution in [2.45, 2.75) is 25.4 Å². The van der Waals surface area contributed by atoms with Gasteiger partial charge in [0.05, 0.1) is 13.7 Å². The molecular weight excluding hydrogens is 308 g/mol. The van der Waals surface area contributed by atoms with Crippen LogP contribution >= 0.6 is 11.3 Å². The van der Waals surface area contributed by atoms with Crippen molar-refractivity contribution in [2.24, 2.45) is 0 Å². The van der Waals surface area contributed by atoms with E-state index >= 15 is 0 Å². The van der Waals surface area contributed by atoms with Crippen LogP contribution in [0.2, 0.25) is 0 Å². The summed E-state index contributed by atoms with van der Waals surface area (Å²) in [5, 5.41) is 3.08. The van der Waals surface area contributed by atoms with Gasteiger partial charge in [0, 0.05) is 27.9 Å². The number of rotatable bonds is 5. The van der Waals surface area contributed by atoms with Gasteiger partial charge in [-0.25, -0.2) is 0 Å². The molecule has 4 rings (SSSR count). The Kier molecular flexibility index (Phi) is 3.58. The summed E-state index contributed by atoms with van der Waals surface area (Å²) in [7, 11) is 1.64. The van der Waals surface area contributed by atoms with Crippen LogP contribution in [0.3, 0.4) is 0 Å². The molecular formula is C18H18N2O2S. The molecule has 1 aliphatic rings. The largest absolute Gasteiger partial charge is 0.497 e. The SMILES string of the molecule is COc1ccc2cc(C(=O)N(Cc3cccs3)C3CC3)[nH]c2c1. The highest BCUT2D eigenvalue weighted by molar-refractivity contribution is 7.09. The number of thiophene rings is 1. The Morgan fingerprint density at radius 2 is 2.22 bits per heavy atom. The predicted molar refractivity (Wildman–Crippen MR) is 92.1 cm³/mol. The van der Waals surface area contributed by atoms with Crippen molar-refractivity contribution < 1.29 is 9.53 Å². The molecule has 1 aromatic carbocycles. The number of hydrogen-bond donors (Lipinski definition) is 1. The fourth-order valence-corrected chi connectivity index (χ4v) is 3.53. The van der Waals surface area contributed by atoms with Crippen LogP contribution in [0.5, 0.6) is 5.75 Å². The molecule has 1 amide bonds. The molecule has 2 heterocycles. The monoisotopic (exact) mass is 326 g/mol. The van der Waals surface area contributed by atoms with E-state index in [1.165, 1.54) is 4.88 Å². The minimum absolute atomic E-state index is 0.0797. The van der Waals surface area contributed by atoms with Crippen molar-refractivity contribution in [1.82, 2.24) is 9.88 Å². The summed E-state index contributed by atoms with van der Waals surface area (Å²) in [6, 6.07) is 12.2. The standard InChI is InChI=1S/C18H18N2O2S/c1-22-14-7-4-12-9-17(19-16(12)10-14)18(21)20(13-5-6-13)11-15-3-2-8-23-15/h2-4,7-10,13,19H,5-6,11H2,1H3. The molecule has 1 aliphatic carbocycles. The van der Waals surface area contributed by atoms with Crippen LogP contribution in [0.4, 0.5) is 0 Å². The van der Waals surface area contributed by atoms with Gasteiger partial charge >= 0.3 is 0 Å². The molecule has 2 aromatic heterocycles. The maximum Gasteiger partial charge on any atom is 0.270 e. The van der Waals surface area contributed by atoms with E-state index in [1.54, 1.807) is 18.4 Å². The molecule has 0 aliphatic heterocycles. The fraction of sp³-hybridized carbons (Fsp3) is 0.278. The Hall–Kier alpha value is -2.27. The molecule has 0 atom stereocenters. The van der Waals surface area contributed by atoms with Gasteiger partial charge in [-0.1, -0.05) is 6.07 Å². The second-order valence-corrected chi connectivity index (χ2v) is 6.91. The van der Waals surface area contributed by atoms with Crippen LogP contribution in [0.1, 0.15) is 28.2 Å². The topological polar surface area (TPSA) is 45.3 Å². The van der Waals surface area contributed by atoms with Crippen LogP contribution < -0.4 is 4.74 Å². The number of carbonyl (C=O) groups excluding carboxylic acids is 1. The van der Waals surface area contributed by atoms with Gasteiger partial charge in [-0.2, -0.15) is 0 Å². The van der Waals surface area contributed by atoms with Gasteiger partial charge in [-0.15, -0.1) is 11.3 Å². The zero-order valence-corrected chi connectivity index (χ0v) is 13.7. The van der Waals surface area contributed by atoms with Gasteiger partial charge in [0.1, 0.15) is 11.4 Å². The summed E-state index contributed by atoms with van der Waals surface area (Å²) in [5.41, 5.74) is 1.58. The van der Waals surface area contributed by atoms with Crippen molar-refractivity contribution in [2.75, 3.05) is 7.11 Å². The Bertz CT molecular complexity index is 834. The molecule has 1 saturated carbocycles. The molecule has 1 fully saturated rings. The van der Waals surface area contributed by atoms with Crippen LogP contribution in [-0.2, 0) is 6.54 Å². The molecule has 23 heavy (non-hydrogen) atoms. The molecule has 3 aromatic rings. The lowest BCUT2D eigenvalue weighted by Gasteiger charge is -2.21. The Morgan fingerprint density at radius 1 is 1.35 bits per heavy atom. The average Bonchev–Trinajstić information content (AvgIpc) is 3.11. The number of hydrogen-bond acceptors (Lipinski definition) is 3. The number of nitrogens with zero attached hydrogens (tertiary/aromatic N) is 1. The lowest BCUT2D eigenvalue weighted by molar-refractivity contribution is 0.0726. The maximum atomic E-state index is 12.9. The van der Waals surface area contributed by atoms with Crippen LogP contribution in [0.25, 0.3) is 10.9 Å². The van der Waals surface area contributed by atoms with E-state index in [0.717, 1.165) is 29.5 Å². The molecule has 5 heteroatoms. The number of ether oxygens (including phenoxy) is 1. The third-order valence-corrected chi connectivity index (χ3v) is 5.08. The Labute approximate surface area is 138 Å². The molecule has 0 unspecified atom stereocenters. The Morgan fingerprint density at radius 3 is 2.91 bits per heavy atom. The normalized spacial score (nSPS) is 14.1. The number of methoxy groups -OCH3 is 1. The van der Waals surface area contributed by atoms with Gasteiger partial charge in [-0.05, 0) is 42.5 Å². The zero-order valence-electron chi connectivity index (χ0n) is 12.9. The van der Waals surface area contributed by atoms with E-state index in [0.29, 0.717) is 18.3 Å². The van der Waals surface area contributed by atoms with Gasteiger partial charge in [0.15, 0.2) is 0 Å². The molecule has 0 spiro atoms. The Balaban J connectivity index is 1.63. The number of H-pyrrole nitrogens is 1. The molecule has 1 N–H and O–H groups in total. The van der Waals surface area contributed by atoms with Gasteiger partial charge in [0.25, 0.3) is 5.91 Å². The maximum absolute atomic E-state index is 12.9. The number of benzene rings is 1. The quantitative estimate of drug-likeness (QED) is 0.769. The molecule has 4 nitrogen and oxygen atoms in total. The van der Waals surface area contributed by atoms with E-state index in [-0.39, 0.29) is 5.91 Å². The number of amides is 1. The smallest absolute Gasteiger partial charge is 0.270 e. The van der Waals surface area contributed by atoms with E-state index in [4.69, 9.17) is 4.74 Å². The van der Waals surface area contributed by atoms with Gasteiger partial charge in [-0.3, -0.25) is 4.79 Å². The molecule has 0 radical (unpaired) electrons. The minimum Gasteiger partial charge on any atom is -0.497 e. The van der Waals surface area contributed by atoms with Crippen LogP contribution in [-0.4, -0.2) is 28.9 Å². The summed E-state index contributed by atoms with van der Waals surface area (Å²) >= 11 is 1.70. The van der Waals surface area contributed by atoms with Gasteiger partial charge < -0.3 is 14.6 Å². The van der Waals surface area contributed by atoms with Crippen molar-refractivity contribution >= 4 is 28.1 Å². The summed E-state index contributed by atoms with van der Waals surface area (Å²) in [6.45, 7) is 0.694. The van der Waals surface area contributed by atoms with E-state index in [2.05, 4.69) is 16.4 Å². The van der Waals surface area contributed by atoms with Crippen molar-refractivity contribution in [1.29, 1.82) is 0 Å². The highest BCUT2D eigenvalue weighted by Crippen LogP contribution is 2.31. The number of aromatic nitrogens is 1. The predicted octanol–water partition coefficient (Wildman–Crippen LogP) is 4.04. The number of carbonyl (C=O) groups is 1. The van der Waals surface area contributed by atoms with Crippen LogP contribution in [0, 0.1) is 0 Å². The second kappa shape index (κ2) is 5.74. The third kappa shape index (κ3) is 2.84. The van der Waals surface area contributed by atoms with Crippen molar-refractivity contribution in [3.8, 4) is 5.75 Å². The lowest BCUT2D eigenvalue weighted by Crippen LogP contribution is -2.32. The third-order valence-electron chi connectivity index (χ3n) is 4.21. The van der Waals surface area contributed by atoms with Crippen molar-refractivity contribution in [3.63, 3.8) is 0 Å². The average molecular weight is 326 g/mol. The molecule has 0 saturated heterocycles. The van der Waals surface area contributed by atoms with Gasteiger partial charge in [0.2, 0.25) is 0 Å². The molecule has 118 valence electrons. The van der Waals surface area contributed by atoms with E-state index in [1.807, 2.05) is 35.2 Å². The number of nitrogens with one attached hydrogen (secondary N) is 1. The summed E-state index contributed by atoms with van der Waals surface area (Å²) < 4.78 is 5.24. The summed E-state index contributed by atoms with van der Waals surface area (Å²) in [4.78, 5) is 19.4. The first-order valence-corrected chi connectivity index (χ1v) is 8.62. The van der Waals surface area contributed by atoms with Crippen molar-refractivity contribution in [3.05, 3.63) is 52.3 Å². The van der Waals surface area contributed by atoms with Crippen LogP contribution in [0.15, 0.2) is 41.8 Å². The molecule has 0 bridgehead atoms. The number of aromatic amines is 1. The fourth-order valence-electron chi connectivity index (χ4n) is 2.83. The summed E-state index contributed by atoms with van der Waals surface area (Å²) in [6.07, 6.45) is 2.20. The summed E-state index contributed by atoms with van der Waals surface area (Å²) in [5.74, 6) is 0.868. The minimum atomic E-state index is 0.0797. The first-order chi connectivity index (χ1) is 11.2.